The maximum absolute atomic E-state index is 9.17. The molecule has 2 saturated carbocycles. The molecule has 3 unspecified atom stereocenters. The number of nitriles is 1. The van der Waals surface area contributed by atoms with Crippen LogP contribution >= 0.6 is 0 Å². The minimum absolute atomic E-state index is 0.0264. The Morgan fingerprint density at radius 1 is 1.33 bits per heavy atom. The van der Waals surface area contributed by atoms with E-state index in [2.05, 4.69) is 30.1 Å². The topological polar surface area (TPSA) is 71.9 Å². The predicted molar refractivity (Wildman–Crippen MR) is 76.2 cm³/mol. The van der Waals surface area contributed by atoms with E-state index in [0.717, 1.165) is 12.8 Å². The molecule has 0 amide bonds. The van der Waals surface area contributed by atoms with Crippen LogP contribution in [-0.2, 0) is 4.74 Å². The zero-order chi connectivity index (χ0) is 15.0. The maximum Gasteiger partial charge on any atom is 0.231 e. The third-order valence-corrected chi connectivity index (χ3v) is 5.28. The van der Waals surface area contributed by atoms with Crippen LogP contribution in [0.15, 0.2) is 4.52 Å². The molecule has 3 atom stereocenters. The smallest absolute Gasteiger partial charge is 0.231 e. The van der Waals surface area contributed by atoms with Crippen LogP contribution in [0.5, 0.6) is 0 Å². The Morgan fingerprint density at radius 3 is 2.62 bits per heavy atom. The van der Waals surface area contributed by atoms with Crippen LogP contribution in [0.3, 0.4) is 0 Å². The molecule has 0 radical (unpaired) electrons. The summed E-state index contributed by atoms with van der Waals surface area (Å²) in [6.45, 7) is 4.15. The van der Waals surface area contributed by atoms with Gasteiger partial charge in [-0.3, -0.25) is 0 Å². The summed E-state index contributed by atoms with van der Waals surface area (Å²) in [5.41, 5.74) is -0.0635. The molecule has 1 heterocycles. The van der Waals surface area contributed by atoms with Crippen molar-refractivity contribution in [2.45, 2.75) is 58.0 Å². The summed E-state index contributed by atoms with van der Waals surface area (Å²) in [6.07, 6.45) is 6.06. The molecule has 2 aliphatic carbocycles. The first kappa shape index (κ1) is 14.5. The number of rotatable bonds is 4. The van der Waals surface area contributed by atoms with Crippen molar-refractivity contribution in [2.75, 3.05) is 7.11 Å². The van der Waals surface area contributed by atoms with Crippen LogP contribution in [0.1, 0.15) is 69.7 Å². The highest BCUT2D eigenvalue weighted by atomic mass is 16.5. The summed E-state index contributed by atoms with van der Waals surface area (Å²) < 4.78 is 11.1. The summed E-state index contributed by atoms with van der Waals surface area (Å²) in [7, 11) is 1.72. The minimum Gasteiger partial charge on any atom is -0.373 e. The molecular weight excluding hydrogens is 266 g/mol. The second-order valence-corrected chi connectivity index (χ2v) is 6.95. The van der Waals surface area contributed by atoms with Crippen molar-refractivity contribution in [1.29, 1.82) is 5.26 Å². The van der Waals surface area contributed by atoms with Crippen molar-refractivity contribution in [3.8, 4) is 6.07 Å². The highest BCUT2D eigenvalue weighted by Gasteiger charge is 2.62. The van der Waals surface area contributed by atoms with Crippen molar-refractivity contribution in [3.05, 3.63) is 11.7 Å². The Balaban J connectivity index is 1.76. The average Bonchev–Trinajstić information content (AvgIpc) is 2.83. The van der Waals surface area contributed by atoms with Gasteiger partial charge in [0.05, 0.1) is 17.9 Å². The molecule has 2 aliphatic rings. The van der Waals surface area contributed by atoms with Gasteiger partial charge in [-0.05, 0) is 24.2 Å². The standard InChI is InChI=1S/C16H23N3O2/c1-16(2)11(9-17)12(16)15-18-14(19-21-15)13(20-3)10-7-5-4-6-8-10/h10-13H,4-8H2,1-3H3. The molecule has 3 rings (SSSR count). The minimum atomic E-state index is -0.0785. The van der Waals surface area contributed by atoms with Crippen molar-refractivity contribution in [1.82, 2.24) is 10.1 Å². The quantitative estimate of drug-likeness (QED) is 0.846. The SMILES string of the molecule is COC(c1noc(C2C(C#N)C2(C)C)n1)C1CCCCC1. The molecule has 0 bridgehead atoms. The third kappa shape index (κ3) is 2.46. The second kappa shape index (κ2) is 5.42. The molecule has 1 aromatic rings. The van der Waals surface area contributed by atoms with Gasteiger partial charge < -0.3 is 9.26 Å². The molecule has 0 N–H and O–H groups in total. The number of methoxy groups -OCH3 is 1. The largest absolute Gasteiger partial charge is 0.373 e. The molecule has 0 spiro atoms. The molecule has 1 aromatic heterocycles. The van der Waals surface area contributed by atoms with Crippen LogP contribution in [-0.4, -0.2) is 17.3 Å². The van der Waals surface area contributed by atoms with E-state index in [0.29, 0.717) is 17.6 Å². The zero-order valence-corrected chi connectivity index (χ0v) is 13.0. The van der Waals surface area contributed by atoms with Crippen LogP contribution in [0.2, 0.25) is 0 Å². The lowest BCUT2D eigenvalue weighted by atomic mass is 9.85. The van der Waals surface area contributed by atoms with E-state index < -0.39 is 0 Å². The van der Waals surface area contributed by atoms with E-state index in [4.69, 9.17) is 9.26 Å². The van der Waals surface area contributed by atoms with Gasteiger partial charge in [0.15, 0.2) is 0 Å². The fraction of sp³-hybridized carbons (Fsp3) is 0.812. The molecule has 21 heavy (non-hydrogen) atoms. The van der Waals surface area contributed by atoms with E-state index in [1.54, 1.807) is 7.11 Å². The number of hydrogen-bond donors (Lipinski definition) is 0. The number of aromatic nitrogens is 2. The van der Waals surface area contributed by atoms with Crippen molar-refractivity contribution in [3.63, 3.8) is 0 Å². The lowest BCUT2D eigenvalue weighted by molar-refractivity contribution is 0.0273. The lowest BCUT2D eigenvalue weighted by Gasteiger charge is -2.26. The average molecular weight is 289 g/mol. The summed E-state index contributed by atoms with van der Waals surface area (Å²) >= 11 is 0. The first-order valence-electron chi connectivity index (χ1n) is 7.85. The summed E-state index contributed by atoms with van der Waals surface area (Å²) in [5.74, 6) is 1.76. The van der Waals surface area contributed by atoms with Crippen LogP contribution in [0.4, 0.5) is 0 Å². The molecule has 2 fully saturated rings. The molecule has 0 saturated heterocycles. The van der Waals surface area contributed by atoms with Gasteiger partial charge in [-0.15, -0.1) is 0 Å². The van der Waals surface area contributed by atoms with Crippen LogP contribution in [0, 0.1) is 28.6 Å². The Kier molecular flexibility index (Phi) is 3.75. The van der Waals surface area contributed by atoms with E-state index in [-0.39, 0.29) is 23.4 Å². The Bertz CT molecular complexity index is 540. The first-order valence-corrected chi connectivity index (χ1v) is 7.85. The van der Waals surface area contributed by atoms with Gasteiger partial charge in [0.1, 0.15) is 6.10 Å². The van der Waals surface area contributed by atoms with E-state index >= 15 is 0 Å². The van der Waals surface area contributed by atoms with Gasteiger partial charge in [-0.2, -0.15) is 10.2 Å². The van der Waals surface area contributed by atoms with Gasteiger partial charge in [0.25, 0.3) is 0 Å². The highest BCUT2D eigenvalue weighted by Crippen LogP contribution is 2.63. The summed E-state index contributed by atoms with van der Waals surface area (Å²) in [6, 6.07) is 2.33. The fourth-order valence-corrected chi connectivity index (χ4v) is 3.77. The molecule has 5 nitrogen and oxygen atoms in total. The molecule has 0 aromatic carbocycles. The first-order chi connectivity index (χ1) is 10.1. The maximum atomic E-state index is 9.17. The number of ether oxygens (including phenoxy) is 1. The normalized spacial score (nSPS) is 29.8. The van der Waals surface area contributed by atoms with Gasteiger partial charge in [0.2, 0.25) is 11.7 Å². The monoisotopic (exact) mass is 289 g/mol. The van der Waals surface area contributed by atoms with Crippen molar-refractivity contribution in [2.24, 2.45) is 17.3 Å². The Morgan fingerprint density at radius 2 is 2.05 bits per heavy atom. The van der Waals surface area contributed by atoms with E-state index in [1.807, 2.05) is 0 Å². The molecular formula is C16H23N3O2. The van der Waals surface area contributed by atoms with Gasteiger partial charge >= 0.3 is 0 Å². The predicted octanol–water partition coefficient (Wildman–Crippen LogP) is 3.60. The van der Waals surface area contributed by atoms with E-state index in [9.17, 15) is 5.26 Å². The summed E-state index contributed by atoms with van der Waals surface area (Å²) in [5, 5.41) is 13.3. The van der Waals surface area contributed by atoms with Crippen LogP contribution < -0.4 is 0 Å². The van der Waals surface area contributed by atoms with Crippen LogP contribution in [0.25, 0.3) is 0 Å². The van der Waals surface area contributed by atoms with Gasteiger partial charge in [0, 0.05) is 7.11 Å². The highest BCUT2D eigenvalue weighted by molar-refractivity contribution is 5.26. The molecule has 0 aliphatic heterocycles. The summed E-state index contributed by atoms with van der Waals surface area (Å²) in [4.78, 5) is 4.56. The zero-order valence-electron chi connectivity index (χ0n) is 13.0. The molecule has 114 valence electrons. The Hall–Kier alpha value is -1.41. The lowest BCUT2D eigenvalue weighted by Crippen LogP contribution is -2.19. The molecule has 5 heteroatoms. The number of nitrogens with zero attached hydrogens (tertiary/aromatic N) is 3. The Labute approximate surface area is 125 Å². The second-order valence-electron chi connectivity index (χ2n) is 6.95. The fourth-order valence-electron chi connectivity index (χ4n) is 3.77. The van der Waals surface area contributed by atoms with Crippen molar-refractivity contribution >= 4 is 0 Å². The van der Waals surface area contributed by atoms with E-state index in [1.165, 1.54) is 19.3 Å². The van der Waals surface area contributed by atoms with Gasteiger partial charge in [-0.25, -0.2) is 0 Å². The van der Waals surface area contributed by atoms with Crippen molar-refractivity contribution < 1.29 is 9.26 Å². The van der Waals surface area contributed by atoms with Gasteiger partial charge in [-0.1, -0.05) is 38.3 Å². The number of hydrogen-bond acceptors (Lipinski definition) is 5. The third-order valence-electron chi connectivity index (χ3n) is 5.28.